The Morgan fingerprint density at radius 2 is 2.09 bits per heavy atom. The van der Waals surface area contributed by atoms with Gasteiger partial charge < -0.3 is 14.0 Å². The molecule has 0 radical (unpaired) electrons. The van der Waals surface area contributed by atoms with E-state index in [1.54, 1.807) is 0 Å². The summed E-state index contributed by atoms with van der Waals surface area (Å²) in [5, 5.41) is 9.39. The van der Waals surface area contributed by atoms with Gasteiger partial charge in [0.25, 0.3) is 0 Å². The highest BCUT2D eigenvalue weighted by atomic mass is 35.5. The second-order valence-corrected chi connectivity index (χ2v) is 6.83. The quantitative estimate of drug-likeness (QED) is 0.864. The molecule has 3 heterocycles. The van der Waals surface area contributed by atoms with Gasteiger partial charge in [0, 0.05) is 25.6 Å². The average Bonchev–Trinajstić information content (AvgIpc) is 3.11. The summed E-state index contributed by atoms with van der Waals surface area (Å²) in [6.07, 6.45) is 2.52. The molecule has 0 amide bonds. The number of hydrogen-bond acceptors (Lipinski definition) is 5. The Bertz CT molecular complexity index is 772. The zero-order chi connectivity index (χ0) is 15.4. The van der Waals surface area contributed by atoms with Crippen molar-refractivity contribution in [1.82, 2.24) is 19.7 Å². The molecule has 1 aromatic carbocycles. The van der Waals surface area contributed by atoms with Crippen LogP contribution in [0.2, 0.25) is 5.02 Å². The summed E-state index contributed by atoms with van der Waals surface area (Å²) in [4.78, 5) is 2.37. The van der Waals surface area contributed by atoms with Gasteiger partial charge in [0.05, 0.1) is 11.6 Å². The van der Waals surface area contributed by atoms with E-state index in [2.05, 4.69) is 19.7 Å². The lowest BCUT2D eigenvalue weighted by Crippen LogP contribution is -2.33. The van der Waals surface area contributed by atoms with Crippen LogP contribution in [0.5, 0.6) is 11.5 Å². The molecule has 0 spiro atoms. The van der Waals surface area contributed by atoms with E-state index in [-0.39, 0.29) is 6.79 Å². The summed E-state index contributed by atoms with van der Waals surface area (Å²) in [6.45, 7) is 3.85. The van der Waals surface area contributed by atoms with E-state index in [1.165, 1.54) is 18.7 Å². The summed E-state index contributed by atoms with van der Waals surface area (Å²) < 4.78 is 13.1. The fourth-order valence-electron chi connectivity index (χ4n) is 3.38. The molecule has 6 nitrogen and oxygen atoms in total. The Balaban J connectivity index is 1.35. The summed E-state index contributed by atoms with van der Waals surface area (Å²) in [7, 11) is 0. The maximum atomic E-state index is 6.27. The van der Waals surface area contributed by atoms with Crippen LogP contribution in [0.25, 0.3) is 0 Å². The number of nitrogens with zero attached hydrogens (tertiary/aromatic N) is 4. The van der Waals surface area contributed by atoms with Crippen molar-refractivity contribution in [3.63, 3.8) is 0 Å². The van der Waals surface area contributed by atoms with Crippen molar-refractivity contribution in [2.45, 2.75) is 38.4 Å². The van der Waals surface area contributed by atoms with Gasteiger partial charge in [0.1, 0.15) is 11.6 Å². The maximum absolute atomic E-state index is 6.27. The summed E-state index contributed by atoms with van der Waals surface area (Å²) >= 11 is 6.27. The van der Waals surface area contributed by atoms with Crippen molar-refractivity contribution in [3.05, 3.63) is 34.4 Å². The number of aromatic nitrogens is 3. The minimum absolute atomic E-state index is 0.245. The molecule has 0 atom stereocenters. The van der Waals surface area contributed by atoms with Crippen LogP contribution in [0.1, 0.15) is 36.0 Å². The normalized spacial score (nSPS) is 19.9. The van der Waals surface area contributed by atoms with E-state index < -0.39 is 0 Å². The molecular formula is C16H17ClN4O2. The molecular weight excluding hydrogens is 316 g/mol. The largest absolute Gasteiger partial charge is 0.454 e. The molecule has 1 fully saturated rings. The summed E-state index contributed by atoms with van der Waals surface area (Å²) in [5.41, 5.74) is 1.13. The lowest BCUT2D eigenvalue weighted by atomic mass is 10.1. The van der Waals surface area contributed by atoms with Crippen LogP contribution < -0.4 is 9.47 Å². The third-order valence-corrected chi connectivity index (χ3v) is 4.98. The molecule has 7 heteroatoms. The van der Waals surface area contributed by atoms with Gasteiger partial charge in [-0.05, 0) is 30.5 Å². The van der Waals surface area contributed by atoms with E-state index in [1.807, 2.05) is 12.1 Å². The SMILES string of the molecule is Clc1cc(CN2CCn3c(nnc3C3CC3)C2)cc2c1OCO2. The monoisotopic (exact) mass is 332 g/mol. The van der Waals surface area contributed by atoms with Crippen LogP contribution >= 0.6 is 11.6 Å². The Morgan fingerprint density at radius 1 is 1.17 bits per heavy atom. The third-order valence-electron chi connectivity index (χ3n) is 4.70. The molecule has 0 saturated heterocycles. The molecule has 1 aliphatic carbocycles. The number of benzene rings is 1. The molecule has 5 rings (SSSR count). The first-order chi connectivity index (χ1) is 11.3. The van der Waals surface area contributed by atoms with Gasteiger partial charge in [-0.15, -0.1) is 10.2 Å². The minimum Gasteiger partial charge on any atom is -0.454 e. The Morgan fingerprint density at radius 3 is 2.96 bits per heavy atom. The standard InChI is InChI=1S/C16H17ClN4O2/c17-12-5-10(6-13-15(12)23-9-22-13)7-20-3-4-21-14(8-20)18-19-16(21)11-1-2-11/h5-6,11H,1-4,7-9H2. The topological polar surface area (TPSA) is 52.4 Å². The summed E-state index contributed by atoms with van der Waals surface area (Å²) in [5.74, 6) is 4.30. The van der Waals surface area contributed by atoms with Gasteiger partial charge in [0.2, 0.25) is 6.79 Å². The molecule has 0 bridgehead atoms. The zero-order valence-corrected chi connectivity index (χ0v) is 13.4. The Kier molecular flexibility index (Phi) is 3.03. The predicted molar refractivity (Wildman–Crippen MR) is 83.7 cm³/mol. The fraction of sp³-hybridized carbons (Fsp3) is 0.500. The molecule has 1 aromatic heterocycles. The number of fused-ring (bicyclic) bond motifs is 2. The van der Waals surface area contributed by atoms with Gasteiger partial charge in [-0.1, -0.05) is 11.6 Å². The van der Waals surface area contributed by atoms with E-state index in [4.69, 9.17) is 21.1 Å². The number of hydrogen-bond donors (Lipinski definition) is 0. The van der Waals surface area contributed by atoms with Crippen LogP contribution in [-0.4, -0.2) is 33.0 Å². The van der Waals surface area contributed by atoms with Crippen LogP contribution in [0.3, 0.4) is 0 Å². The predicted octanol–water partition coefficient (Wildman–Crippen LogP) is 2.55. The van der Waals surface area contributed by atoms with Crippen molar-refractivity contribution in [2.75, 3.05) is 13.3 Å². The molecule has 23 heavy (non-hydrogen) atoms. The fourth-order valence-corrected chi connectivity index (χ4v) is 3.67. The molecule has 120 valence electrons. The lowest BCUT2D eigenvalue weighted by molar-refractivity contribution is 0.174. The van der Waals surface area contributed by atoms with Crippen molar-refractivity contribution in [3.8, 4) is 11.5 Å². The van der Waals surface area contributed by atoms with E-state index in [9.17, 15) is 0 Å². The molecule has 0 unspecified atom stereocenters. The zero-order valence-electron chi connectivity index (χ0n) is 12.7. The van der Waals surface area contributed by atoms with Crippen LogP contribution in [-0.2, 0) is 19.6 Å². The highest BCUT2D eigenvalue weighted by Gasteiger charge is 2.32. The van der Waals surface area contributed by atoms with Crippen LogP contribution in [0, 0.1) is 0 Å². The van der Waals surface area contributed by atoms with Crippen LogP contribution in [0.4, 0.5) is 0 Å². The van der Waals surface area contributed by atoms with Gasteiger partial charge in [-0.3, -0.25) is 4.90 Å². The van der Waals surface area contributed by atoms with Crippen molar-refractivity contribution < 1.29 is 9.47 Å². The van der Waals surface area contributed by atoms with Crippen molar-refractivity contribution >= 4 is 11.6 Å². The average molecular weight is 333 g/mol. The molecule has 3 aliphatic rings. The van der Waals surface area contributed by atoms with Crippen molar-refractivity contribution in [2.24, 2.45) is 0 Å². The Hall–Kier alpha value is -1.79. The number of rotatable bonds is 3. The van der Waals surface area contributed by atoms with Gasteiger partial charge in [0.15, 0.2) is 11.5 Å². The second-order valence-electron chi connectivity index (χ2n) is 6.42. The number of halogens is 1. The van der Waals surface area contributed by atoms with Gasteiger partial charge in [-0.25, -0.2) is 0 Å². The number of ether oxygens (including phenoxy) is 2. The molecule has 0 N–H and O–H groups in total. The third kappa shape index (κ3) is 2.37. The minimum atomic E-state index is 0.245. The Labute approximate surface area is 139 Å². The maximum Gasteiger partial charge on any atom is 0.231 e. The van der Waals surface area contributed by atoms with Crippen molar-refractivity contribution in [1.29, 1.82) is 0 Å². The molecule has 2 aliphatic heterocycles. The first kappa shape index (κ1) is 13.6. The highest BCUT2D eigenvalue weighted by Crippen LogP contribution is 2.41. The second kappa shape index (κ2) is 5.11. The van der Waals surface area contributed by atoms with Crippen LogP contribution in [0.15, 0.2) is 12.1 Å². The molecule has 1 saturated carbocycles. The van der Waals surface area contributed by atoms with Gasteiger partial charge in [-0.2, -0.15) is 0 Å². The van der Waals surface area contributed by atoms with E-state index >= 15 is 0 Å². The lowest BCUT2D eigenvalue weighted by Gasteiger charge is -2.27. The first-order valence-electron chi connectivity index (χ1n) is 8.00. The first-order valence-corrected chi connectivity index (χ1v) is 8.38. The van der Waals surface area contributed by atoms with Gasteiger partial charge >= 0.3 is 0 Å². The van der Waals surface area contributed by atoms with E-state index in [0.29, 0.717) is 16.7 Å². The summed E-state index contributed by atoms with van der Waals surface area (Å²) in [6, 6.07) is 3.98. The smallest absolute Gasteiger partial charge is 0.231 e. The van der Waals surface area contributed by atoms with E-state index in [0.717, 1.165) is 43.3 Å². The molecule has 2 aromatic rings. The highest BCUT2D eigenvalue weighted by molar-refractivity contribution is 6.32.